The number of nitrogens with one attached hydrogen (secondary N) is 1. The fourth-order valence-corrected chi connectivity index (χ4v) is 7.69. The van der Waals surface area contributed by atoms with Crippen LogP contribution in [0.3, 0.4) is 0 Å². The molecule has 9 heteroatoms. The topological polar surface area (TPSA) is 149 Å². The van der Waals surface area contributed by atoms with Gasteiger partial charge in [-0.2, -0.15) is 0 Å². The summed E-state index contributed by atoms with van der Waals surface area (Å²) >= 11 is 0. The van der Waals surface area contributed by atoms with Crippen LogP contribution in [-0.4, -0.2) is 87.5 Å². The molecule has 56 heavy (non-hydrogen) atoms. The van der Waals surface area contributed by atoms with Crippen molar-refractivity contribution in [2.24, 2.45) is 5.92 Å². The van der Waals surface area contributed by atoms with Crippen molar-refractivity contribution in [2.75, 3.05) is 13.2 Å². The highest BCUT2D eigenvalue weighted by molar-refractivity contribution is 5.76. The Morgan fingerprint density at radius 1 is 0.643 bits per heavy atom. The summed E-state index contributed by atoms with van der Waals surface area (Å²) < 4.78 is 11.2. The molecule has 0 radical (unpaired) electrons. The second kappa shape index (κ2) is 37.0. The first kappa shape index (κ1) is 52.9. The van der Waals surface area contributed by atoms with E-state index < -0.39 is 49.5 Å². The van der Waals surface area contributed by atoms with Gasteiger partial charge in [-0.15, -0.1) is 0 Å². The van der Waals surface area contributed by atoms with Crippen LogP contribution in [0.5, 0.6) is 0 Å². The minimum Gasteiger partial charge on any atom is -0.394 e. The van der Waals surface area contributed by atoms with Gasteiger partial charge in [0, 0.05) is 6.42 Å². The lowest BCUT2D eigenvalue weighted by Gasteiger charge is -2.40. The molecule has 1 rings (SSSR count). The van der Waals surface area contributed by atoms with Crippen molar-refractivity contribution in [1.82, 2.24) is 5.32 Å². The summed E-state index contributed by atoms with van der Waals surface area (Å²) in [6.07, 6.45) is 34.1. The molecule has 1 heterocycles. The minimum absolute atomic E-state index is 0.175. The molecule has 9 nitrogen and oxygen atoms in total. The number of allylic oxidation sites excluding steroid dienone is 1. The van der Waals surface area contributed by atoms with E-state index in [1.54, 1.807) is 6.08 Å². The van der Waals surface area contributed by atoms with Crippen LogP contribution < -0.4 is 5.32 Å². The zero-order valence-corrected chi connectivity index (χ0v) is 36.6. The fraction of sp³-hybridized carbons (Fsp3) is 0.936. The molecule has 332 valence electrons. The van der Waals surface area contributed by atoms with E-state index in [1.165, 1.54) is 154 Å². The maximum atomic E-state index is 13.0. The molecule has 0 aromatic rings. The Morgan fingerprint density at radius 3 is 1.55 bits per heavy atom. The summed E-state index contributed by atoms with van der Waals surface area (Å²) in [5.41, 5.74) is 0. The first-order valence-corrected chi connectivity index (χ1v) is 23.8. The Balaban J connectivity index is 2.28. The first-order valence-electron chi connectivity index (χ1n) is 23.8. The highest BCUT2D eigenvalue weighted by Crippen LogP contribution is 2.23. The van der Waals surface area contributed by atoms with Crippen LogP contribution in [0.2, 0.25) is 0 Å². The van der Waals surface area contributed by atoms with E-state index >= 15 is 0 Å². The Bertz CT molecular complexity index is 901. The third-order valence-corrected chi connectivity index (χ3v) is 11.5. The molecule has 1 saturated heterocycles. The van der Waals surface area contributed by atoms with Crippen molar-refractivity contribution in [3.8, 4) is 0 Å². The van der Waals surface area contributed by atoms with Crippen LogP contribution in [0.15, 0.2) is 12.2 Å². The Hall–Kier alpha value is -1.07. The minimum atomic E-state index is -1.56. The molecule has 1 amide bonds. The number of rotatable bonds is 39. The van der Waals surface area contributed by atoms with Gasteiger partial charge in [0.15, 0.2) is 6.29 Å². The monoisotopic (exact) mass is 798 g/mol. The second-order valence-electron chi connectivity index (χ2n) is 17.4. The maximum absolute atomic E-state index is 13.0. The Labute approximate surface area is 344 Å². The fourth-order valence-electron chi connectivity index (χ4n) is 7.69. The molecular weight excluding hydrogens is 707 g/mol. The normalized spacial score (nSPS) is 21.3. The van der Waals surface area contributed by atoms with Gasteiger partial charge < -0.3 is 40.3 Å². The van der Waals surface area contributed by atoms with Gasteiger partial charge in [-0.1, -0.05) is 206 Å². The molecule has 6 N–H and O–H groups in total. The molecule has 1 fully saturated rings. The summed E-state index contributed by atoms with van der Waals surface area (Å²) in [5, 5.41) is 54.2. The molecule has 0 spiro atoms. The highest BCUT2D eigenvalue weighted by Gasteiger charge is 2.44. The van der Waals surface area contributed by atoms with Gasteiger partial charge in [-0.3, -0.25) is 4.79 Å². The number of hydrogen-bond acceptors (Lipinski definition) is 8. The summed E-state index contributed by atoms with van der Waals surface area (Å²) in [7, 11) is 0. The van der Waals surface area contributed by atoms with Crippen LogP contribution in [0.1, 0.15) is 220 Å². The smallest absolute Gasteiger partial charge is 0.220 e. The highest BCUT2D eigenvalue weighted by atomic mass is 16.7. The van der Waals surface area contributed by atoms with Gasteiger partial charge in [0.05, 0.1) is 25.4 Å². The lowest BCUT2D eigenvalue weighted by Crippen LogP contribution is -2.60. The number of unbranched alkanes of at least 4 members (excludes halogenated alkanes) is 27. The summed E-state index contributed by atoms with van der Waals surface area (Å²) in [5.74, 6) is 0.605. The number of aliphatic hydroxyl groups excluding tert-OH is 5. The summed E-state index contributed by atoms with van der Waals surface area (Å²) in [6.45, 7) is 6.09. The number of amides is 1. The van der Waals surface area contributed by atoms with Crippen molar-refractivity contribution in [1.29, 1.82) is 0 Å². The standard InChI is InChI=1S/C47H91NO8/c1-4-5-6-7-8-9-10-11-12-13-14-15-16-17-18-19-20-24-27-30-33-36-43(51)48-40(38-55-47-46(54)45(53)44(52)42(37-49)56-47)41(50)35-32-29-26-23-21-22-25-28-31-34-39(2)3/h32,35,39-42,44-47,49-50,52-54H,4-31,33-34,36-38H2,1-3H3,(H,48,51)/b35-32+/t40-,41+,42+,44+,45-,46+,47+/m0/s1. The average Bonchev–Trinajstić information content (AvgIpc) is 3.18. The van der Waals surface area contributed by atoms with Crippen molar-refractivity contribution in [3.05, 3.63) is 12.2 Å². The van der Waals surface area contributed by atoms with Crippen molar-refractivity contribution < 1.29 is 39.8 Å². The third-order valence-electron chi connectivity index (χ3n) is 11.5. The number of hydrogen-bond donors (Lipinski definition) is 6. The molecule has 1 aliphatic rings. The van der Waals surface area contributed by atoms with E-state index in [4.69, 9.17) is 9.47 Å². The zero-order chi connectivity index (χ0) is 41.1. The van der Waals surface area contributed by atoms with Crippen molar-refractivity contribution >= 4 is 5.91 Å². The molecule has 0 aromatic carbocycles. The largest absolute Gasteiger partial charge is 0.394 e. The predicted molar refractivity (Wildman–Crippen MR) is 230 cm³/mol. The van der Waals surface area contributed by atoms with E-state index in [0.717, 1.165) is 44.4 Å². The average molecular weight is 798 g/mol. The third kappa shape index (κ3) is 28.4. The summed E-state index contributed by atoms with van der Waals surface area (Å²) in [6, 6.07) is -0.799. The Morgan fingerprint density at radius 2 is 1.09 bits per heavy atom. The zero-order valence-electron chi connectivity index (χ0n) is 36.6. The van der Waals surface area contributed by atoms with Crippen LogP contribution in [0.25, 0.3) is 0 Å². The molecule has 0 unspecified atom stereocenters. The van der Waals surface area contributed by atoms with Crippen LogP contribution in [-0.2, 0) is 14.3 Å². The predicted octanol–water partition coefficient (Wildman–Crippen LogP) is 9.97. The second-order valence-corrected chi connectivity index (χ2v) is 17.4. The van der Waals surface area contributed by atoms with Crippen LogP contribution >= 0.6 is 0 Å². The Kier molecular flexibility index (Phi) is 35.0. The molecule has 0 bridgehead atoms. The van der Waals surface area contributed by atoms with E-state index in [-0.39, 0.29) is 12.5 Å². The summed E-state index contributed by atoms with van der Waals surface area (Å²) in [4.78, 5) is 13.0. The van der Waals surface area contributed by atoms with E-state index in [1.807, 2.05) is 6.08 Å². The number of carbonyl (C=O) groups excluding carboxylic acids is 1. The van der Waals surface area contributed by atoms with Gasteiger partial charge in [0.25, 0.3) is 0 Å². The molecule has 0 saturated carbocycles. The number of aliphatic hydroxyl groups is 5. The lowest BCUT2D eigenvalue weighted by atomic mass is 9.99. The molecule has 7 atom stereocenters. The first-order chi connectivity index (χ1) is 27.2. The van der Waals surface area contributed by atoms with Crippen LogP contribution in [0.4, 0.5) is 0 Å². The van der Waals surface area contributed by atoms with Gasteiger partial charge in [-0.05, 0) is 25.2 Å². The molecule has 0 aliphatic carbocycles. The van der Waals surface area contributed by atoms with Gasteiger partial charge in [-0.25, -0.2) is 0 Å². The van der Waals surface area contributed by atoms with Gasteiger partial charge in [0.1, 0.15) is 24.4 Å². The molecular formula is C47H91NO8. The quantitative estimate of drug-likeness (QED) is 0.0266. The van der Waals surface area contributed by atoms with Crippen molar-refractivity contribution in [2.45, 2.75) is 263 Å². The number of ether oxygens (including phenoxy) is 2. The molecule has 0 aromatic heterocycles. The SMILES string of the molecule is CCCCCCCCCCCCCCCCCCCCCCCC(=O)N[C@@H](CO[C@@H]1O[C@H](CO)[C@@H](O)[C@H](O)[C@H]1O)[C@H](O)/C=C/CCCCCCCCCC(C)C. The lowest BCUT2D eigenvalue weighted by molar-refractivity contribution is -0.302. The van der Waals surface area contributed by atoms with Crippen LogP contribution in [0, 0.1) is 5.92 Å². The van der Waals surface area contributed by atoms with E-state index in [9.17, 15) is 30.3 Å². The maximum Gasteiger partial charge on any atom is 0.220 e. The van der Waals surface area contributed by atoms with Gasteiger partial charge >= 0.3 is 0 Å². The van der Waals surface area contributed by atoms with E-state index in [2.05, 4.69) is 26.1 Å². The van der Waals surface area contributed by atoms with Crippen molar-refractivity contribution in [3.63, 3.8) is 0 Å². The van der Waals surface area contributed by atoms with Gasteiger partial charge in [0.2, 0.25) is 5.91 Å². The number of carbonyl (C=O) groups is 1. The van der Waals surface area contributed by atoms with E-state index in [0.29, 0.717) is 6.42 Å². The molecule has 1 aliphatic heterocycles.